The molecule has 0 unspecified atom stereocenters. The van der Waals surface area contributed by atoms with Gasteiger partial charge in [-0.05, 0) is 29.3 Å². The molecule has 2 heteroatoms. The van der Waals surface area contributed by atoms with Crippen molar-refractivity contribution in [2.75, 3.05) is 0 Å². The van der Waals surface area contributed by atoms with Crippen LogP contribution in [0, 0.1) is 11.3 Å². The molecule has 0 N–H and O–H groups in total. The maximum atomic E-state index is 13.0. The first-order chi connectivity index (χ1) is 11.8. The summed E-state index contributed by atoms with van der Waals surface area (Å²) in [7, 11) is 0. The minimum atomic E-state index is -0.0378. The molecule has 0 atom stereocenters. The van der Waals surface area contributed by atoms with E-state index in [1.807, 2.05) is 78.9 Å². The Labute approximate surface area is 141 Å². The van der Waals surface area contributed by atoms with E-state index < -0.39 is 0 Å². The topological polar surface area (TPSA) is 40.9 Å². The predicted octanol–water partition coefficient (Wildman–Crippen LogP) is 4.98. The molecule has 0 saturated carbocycles. The van der Waals surface area contributed by atoms with Gasteiger partial charge in [0.2, 0.25) is 0 Å². The number of hydrogen-bond acceptors (Lipinski definition) is 2. The number of benzene rings is 3. The van der Waals surface area contributed by atoms with Crippen LogP contribution in [0.15, 0.2) is 84.9 Å². The molecule has 114 valence electrons. The number of hydrogen-bond donors (Lipinski definition) is 0. The monoisotopic (exact) mass is 309 g/mol. The lowest BCUT2D eigenvalue weighted by molar-refractivity contribution is 0.105. The van der Waals surface area contributed by atoms with Gasteiger partial charge in [0.25, 0.3) is 0 Å². The van der Waals surface area contributed by atoms with Crippen LogP contribution in [-0.4, -0.2) is 5.78 Å². The molecule has 0 spiro atoms. The number of ketones is 1. The number of Topliss-reactive ketones (excluding diaryl/α,β-unsaturated/α-hetero) is 1. The van der Waals surface area contributed by atoms with Gasteiger partial charge in [-0.1, -0.05) is 72.8 Å². The quantitative estimate of drug-likeness (QED) is 0.387. The van der Waals surface area contributed by atoms with E-state index in [2.05, 4.69) is 6.07 Å². The summed E-state index contributed by atoms with van der Waals surface area (Å²) < 4.78 is 0. The van der Waals surface area contributed by atoms with Crippen molar-refractivity contribution in [2.24, 2.45) is 0 Å². The smallest absolute Gasteiger partial charge is 0.193 e. The average Bonchev–Trinajstić information content (AvgIpc) is 2.67. The summed E-state index contributed by atoms with van der Waals surface area (Å²) in [6.07, 6.45) is 1.84. The number of allylic oxidation sites excluding steroid dienone is 1. The van der Waals surface area contributed by atoms with E-state index in [9.17, 15) is 4.79 Å². The molecule has 0 amide bonds. The van der Waals surface area contributed by atoms with E-state index in [0.29, 0.717) is 16.7 Å². The van der Waals surface area contributed by atoms with E-state index in [1.165, 1.54) is 0 Å². The molecule has 0 radical (unpaired) electrons. The van der Waals surface area contributed by atoms with Crippen molar-refractivity contribution in [3.8, 4) is 6.07 Å². The predicted molar refractivity (Wildman–Crippen MR) is 96.2 cm³/mol. The highest BCUT2D eigenvalue weighted by atomic mass is 16.1. The molecule has 0 fully saturated rings. The number of carbonyl (C=O) groups is 1. The normalized spacial score (nSPS) is 10.9. The zero-order valence-electron chi connectivity index (χ0n) is 13.0. The highest BCUT2D eigenvalue weighted by Gasteiger charge is 2.14. The van der Waals surface area contributed by atoms with Gasteiger partial charge in [0, 0.05) is 11.1 Å². The van der Waals surface area contributed by atoms with Crippen LogP contribution in [0.1, 0.15) is 27.0 Å². The molecule has 3 rings (SSSR count). The van der Waals surface area contributed by atoms with Gasteiger partial charge in [0.05, 0.1) is 11.6 Å². The lowest BCUT2D eigenvalue weighted by Crippen LogP contribution is -2.02. The van der Waals surface area contributed by atoms with Crippen LogP contribution in [0.5, 0.6) is 0 Å². The highest BCUT2D eigenvalue weighted by molar-refractivity contribution is 6.32. The first-order valence-electron chi connectivity index (χ1n) is 7.65. The fourth-order valence-electron chi connectivity index (χ4n) is 2.51. The molecule has 24 heavy (non-hydrogen) atoms. The van der Waals surface area contributed by atoms with Crippen molar-refractivity contribution in [3.63, 3.8) is 0 Å². The van der Waals surface area contributed by atoms with Gasteiger partial charge in [-0.3, -0.25) is 4.79 Å². The summed E-state index contributed by atoms with van der Waals surface area (Å²) in [4.78, 5) is 13.0. The van der Waals surface area contributed by atoms with Gasteiger partial charge < -0.3 is 0 Å². The minimum Gasteiger partial charge on any atom is -0.289 e. The molecule has 0 aromatic heterocycles. The van der Waals surface area contributed by atoms with Crippen molar-refractivity contribution in [2.45, 2.75) is 0 Å². The Kier molecular flexibility index (Phi) is 4.65. The second-order valence-electron chi connectivity index (χ2n) is 5.36. The number of rotatable bonds is 4. The summed E-state index contributed by atoms with van der Waals surface area (Å²) in [5.41, 5.74) is 3.51. The lowest BCUT2D eigenvalue weighted by atomic mass is 9.94. The standard InChI is InChI=1S/C22H15NO/c23-16-18-9-7-8-17(14-18)15-21(19-10-3-1-4-11-19)22(24)20-12-5-2-6-13-20/h1-15H/b21-15-. The Morgan fingerprint density at radius 2 is 1.42 bits per heavy atom. The molecular formula is C22H15NO. The molecule has 0 aliphatic heterocycles. The maximum Gasteiger partial charge on any atom is 0.193 e. The zero-order valence-corrected chi connectivity index (χ0v) is 13.0. The SMILES string of the molecule is N#Cc1cccc(/C=C(\C(=O)c2ccccc2)c2ccccc2)c1. The zero-order chi connectivity index (χ0) is 16.8. The summed E-state index contributed by atoms with van der Waals surface area (Å²) in [6, 6.07) is 28.2. The summed E-state index contributed by atoms with van der Waals surface area (Å²) in [5, 5.41) is 9.06. The third kappa shape index (κ3) is 3.48. The first kappa shape index (κ1) is 15.5. The van der Waals surface area contributed by atoms with Crippen LogP contribution in [0.4, 0.5) is 0 Å². The van der Waals surface area contributed by atoms with Crippen molar-refractivity contribution in [1.29, 1.82) is 5.26 Å². The fourth-order valence-corrected chi connectivity index (χ4v) is 2.51. The van der Waals surface area contributed by atoms with Crippen LogP contribution in [0.3, 0.4) is 0 Å². The largest absolute Gasteiger partial charge is 0.289 e. The van der Waals surface area contributed by atoms with Crippen LogP contribution in [0.25, 0.3) is 11.6 Å². The molecule has 2 nitrogen and oxygen atoms in total. The third-order valence-corrected chi connectivity index (χ3v) is 3.69. The van der Waals surface area contributed by atoms with Crippen molar-refractivity contribution in [3.05, 3.63) is 107 Å². The van der Waals surface area contributed by atoms with Gasteiger partial charge in [0.1, 0.15) is 0 Å². The summed E-state index contributed by atoms with van der Waals surface area (Å²) in [6.45, 7) is 0. The Balaban J connectivity index is 2.11. The Morgan fingerprint density at radius 3 is 2.04 bits per heavy atom. The molecule has 3 aromatic carbocycles. The fraction of sp³-hybridized carbons (Fsp3) is 0. The van der Waals surface area contributed by atoms with Gasteiger partial charge in [-0.2, -0.15) is 5.26 Å². The molecule has 0 aliphatic rings. The Hall–Kier alpha value is -3.44. The van der Waals surface area contributed by atoms with Crippen molar-refractivity contribution in [1.82, 2.24) is 0 Å². The summed E-state index contributed by atoms with van der Waals surface area (Å²) in [5.74, 6) is -0.0378. The molecule has 0 bridgehead atoms. The van der Waals surface area contributed by atoms with Gasteiger partial charge in [-0.15, -0.1) is 0 Å². The maximum absolute atomic E-state index is 13.0. The van der Waals surface area contributed by atoms with Crippen molar-refractivity contribution < 1.29 is 4.79 Å². The minimum absolute atomic E-state index is 0.0378. The van der Waals surface area contributed by atoms with Crippen LogP contribution < -0.4 is 0 Å². The van der Waals surface area contributed by atoms with E-state index in [0.717, 1.165) is 11.1 Å². The van der Waals surface area contributed by atoms with E-state index in [4.69, 9.17) is 5.26 Å². The number of nitrogens with zero attached hydrogens (tertiary/aromatic N) is 1. The van der Waals surface area contributed by atoms with Gasteiger partial charge >= 0.3 is 0 Å². The molecular weight excluding hydrogens is 294 g/mol. The third-order valence-electron chi connectivity index (χ3n) is 3.69. The molecule has 0 saturated heterocycles. The molecule has 0 heterocycles. The highest BCUT2D eigenvalue weighted by Crippen LogP contribution is 2.23. The van der Waals surface area contributed by atoms with Crippen LogP contribution >= 0.6 is 0 Å². The second kappa shape index (κ2) is 7.21. The van der Waals surface area contributed by atoms with Crippen molar-refractivity contribution >= 4 is 17.4 Å². The Morgan fingerprint density at radius 1 is 0.792 bits per heavy atom. The van der Waals surface area contributed by atoms with E-state index in [1.54, 1.807) is 12.1 Å². The van der Waals surface area contributed by atoms with Crippen LogP contribution in [0.2, 0.25) is 0 Å². The lowest BCUT2D eigenvalue weighted by Gasteiger charge is -2.08. The van der Waals surface area contributed by atoms with Gasteiger partial charge in [-0.25, -0.2) is 0 Å². The van der Waals surface area contributed by atoms with E-state index in [-0.39, 0.29) is 5.78 Å². The first-order valence-corrected chi connectivity index (χ1v) is 7.65. The average molecular weight is 309 g/mol. The summed E-state index contributed by atoms with van der Waals surface area (Å²) >= 11 is 0. The number of nitriles is 1. The Bertz CT molecular complexity index is 919. The molecule has 0 aliphatic carbocycles. The molecule has 3 aromatic rings. The van der Waals surface area contributed by atoms with Gasteiger partial charge in [0.15, 0.2) is 5.78 Å². The number of carbonyl (C=O) groups excluding carboxylic acids is 1. The second-order valence-corrected chi connectivity index (χ2v) is 5.36. The van der Waals surface area contributed by atoms with E-state index >= 15 is 0 Å². The van der Waals surface area contributed by atoms with Crippen LogP contribution in [-0.2, 0) is 0 Å².